The van der Waals surface area contributed by atoms with Crippen molar-refractivity contribution >= 4 is 16.1 Å². The van der Waals surface area contributed by atoms with Crippen molar-refractivity contribution in [2.75, 3.05) is 0 Å². The van der Waals surface area contributed by atoms with E-state index in [4.69, 9.17) is 0 Å². The first kappa shape index (κ1) is 13.9. The van der Waals surface area contributed by atoms with E-state index in [0.717, 1.165) is 18.4 Å². The third-order valence-electron chi connectivity index (χ3n) is 2.67. The van der Waals surface area contributed by atoms with Crippen LogP contribution in [0.4, 0.5) is 0 Å². The molecular weight excluding hydrogens is 236 g/mol. The Morgan fingerprint density at radius 2 is 1.88 bits per heavy atom. The monoisotopic (exact) mass is 254 g/mol. The smallest absolute Gasteiger partial charge is 0.164 e. The van der Waals surface area contributed by atoms with E-state index in [2.05, 4.69) is 0 Å². The van der Waals surface area contributed by atoms with Gasteiger partial charge in [0.1, 0.15) is 11.5 Å². The molecule has 0 fully saturated rings. The largest absolute Gasteiger partial charge is 0.302 e. The van der Waals surface area contributed by atoms with Gasteiger partial charge in [-0.05, 0) is 12.0 Å². The van der Waals surface area contributed by atoms with Gasteiger partial charge in [0.05, 0.1) is 5.75 Å². The zero-order chi connectivity index (χ0) is 12.7. The van der Waals surface area contributed by atoms with E-state index < -0.39 is 15.1 Å². The van der Waals surface area contributed by atoms with Crippen molar-refractivity contribution in [3.63, 3.8) is 0 Å². The highest BCUT2D eigenvalue weighted by atomic mass is 32.2. The van der Waals surface area contributed by atoms with Crippen molar-refractivity contribution < 1.29 is 13.2 Å². The molecule has 0 heterocycles. The summed E-state index contributed by atoms with van der Waals surface area (Å²) in [7, 11) is -3.37. The van der Waals surface area contributed by atoms with Gasteiger partial charge in [0.2, 0.25) is 0 Å². The highest BCUT2D eigenvalue weighted by Crippen LogP contribution is 2.14. The van der Waals surface area contributed by atoms with Crippen LogP contribution in [0.25, 0.3) is 0 Å². The second-order valence-electron chi connectivity index (χ2n) is 4.11. The summed E-state index contributed by atoms with van der Waals surface area (Å²) in [6, 6.07) is 8.96. The van der Waals surface area contributed by atoms with Crippen molar-refractivity contribution in [3.8, 4) is 0 Å². The summed E-state index contributed by atoms with van der Waals surface area (Å²) in [6.45, 7) is 1.98. The van der Waals surface area contributed by atoms with Gasteiger partial charge in [-0.15, -0.1) is 0 Å². The number of hydrogen-bond donors (Lipinski definition) is 0. The average Bonchev–Trinajstić information content (AvgIpc) is 2.30. The zero-order valence-corrected chi connectivity index (χ0v) is 10.8. The number of rotatable bonds is 7. The fourth-order valence-corrected chi connectivity index (χ4v) is 3.22. The van der Waals surface area contributed by atoms with Gasteiger partial charge in [-0.2, -0.15) is 0 Å². The van der Waals surface area contributed by atoms with Gasteiger partial charge in [0.25, 0.3) is 0 Å². The van der Waals surface area contributed by atoms with Gasteiger partial charge < -0.3 is 4.79 Å². The minimum absolute atomic E-state index is 0.0546. The summed E-state index contributed by atoms with van der Waals surface area (Å²) < 4.78 is 24.0. The van der Waals surface area contributed by atoms with Crippen LogP contribution in [0.15, 0.2) is 30.3 Å². The SMILES string of the molecule is CCCCC(C=O)S(=O)(=O)Cc1ccccc1. The average molecular weight is 254 g/mol. The van der Waals surface area contributed by atoms with Gasteiger partial charge >= 0.3 is 0 Å². The van der Waals surface area contributed by atoms with Gasteiger partial charge in [-0.1, -0.05) is 50.1 Å². The van der Waals surface area contributed by atoms with Gasteiger partial charge in [-0.3, -0.25) is 0 Å². The normalized spacial score (nSPS) is 13.2. The number of carbonyl (C=O) groups excluding carboxylic acids is 1. The maximum absolute atomic E-state index is 12.0. The molecule has 0 bridgehead atoms. The lowest BCUT2D eigenvalue weighted by atomic mass is 10.2. The molecule has 0 radical (unpaired) electrons. The Hall–Kier alpha value is -1.16. The quantitative estimate of drug-likeness (QED) is 0.702. The Bertz CT molecular complexity index is 437. The lowest BCUT2D eigenvalue weighted by Gasteiger charge is -2.11. The van der Waals surface area contributed by atoms with Crippen molar-refractivity contribution in [3.05, 3.63) is 35.9 Å². The molecule has 0 amide bonds. The molecule has 0 aliphatic rings. The first-order valence-corrected chi connectivity index (χ1v) is 7.52. The molecule has 17 heavy (non-hydrogen) atoms. The standard InChI is InChI=1S/C13H18O3S/c1-2-3-9-13(10-14)17(15,16)11-12-7-5-4-6-8-12/h4-8,10,13H,2-3,9,11H2,1H3. The molecule has 1 unspecified atom stereocenters. The van der Waals surface area contributed by atoms with E-state index >= 15 is 0 Å². The van der Waals surface area contributed by atoms with Crippen LogP contribution < -0.4 is 0 Å². The molecule has 0 saturated carbocycles. The number of sulfone groups is 1. The molecule has 0 aliphatic carbocycles. The Balaban J connectivity index is 2.76. The maximum Gasteiger partial charge on any atom is 0.164 e. The Morgan fingerprint density at radius 3 is 2.41 bits per heavy atom. The number of benzene rings is 1. The molecule has 1 aromatic carbocycles. The van der Waals surface area contributed by atoms with Crippen LogP contribution in [0.3, 0.4) is 0 Å². The van der Waals surface area contributed by atoms with E-state index in [1.165, 1.54) is 0 Å². The number of hydrogen-bond acceptors (Lipinski definition) is 3. The Kier molecular flexibility index (Phi) is 5.35. The molecule has 4 heteroatoms. The third-order valence-corrected chi connectivity index (χ3v) is 4.67. The van der Waals surface area contributed by atoms with Crippen LogP contribution in [-0.4, -0.2) is 20.0 Å². The second kappa shape index (κ2) is 6.55. The summed E-state index contributed by atoms with van der Waals surface area (Å²) in [4.78, 5) is 10.9. The Morgan fingerprint density at radius 1 is 1.24 bits per heavy atom. The lowest BCUT2D eigenvalue weighted by molar-refractivity contribution is -0.107. The van der Waals surface area contributed by atoms with E-state index in [9.17, 15) is 13.2 Å². The predicted octanol–water partition coefficient (Wildman–Crippen LogP) is 2.36. The van der Waals surface area contributed by atoms with Crippen molar-refractivity contribution in [1.82, 2.24) is 0 Å². The molecular formula is C13H18O3S. The van der Waals surface area contributed by atoms with Crippen LogP contribution in [-0.2, 0) is 20.4 Å². The minimum atomic E-state index is -3.37. The van der Waals surface area contributed by atoms with Gasteiger partial charge in [0, 0.05) is 0 Å². The Labute approximate surface area is 103 Å². The molecule has 0 saturated heterocycles. The van der Waals surface area contributed by atoms with Gasteiger partial charge in [-0.25, -0.2) is 8.42 Å². The van der Waals surface area contributed by atoms with Crippen molar-refractivity contribution in [2.45, 2.75) is 37.2 Å². The number of unbranched alkanes of at least 4 members (excludes halogenated alkanes) is 1. The predicted molar refractivity (Wildman–Crippen MR) is 68.4 cm³/mol. The molecule has 0 aromatic heterocycles. The molecule has 1 atom stereocenters. The topological polar surface area (TPSA) is 51.2 Å². The van der Waals surface area contributed by atoms with Crippen molar-refractivity contribution in [2.24, 2.45) is 0 Å². The first-order valence-electron chi connectivity index (χ1n) is 5.81. The summed E-state index contributed by atoms with van der Waals surface area (Å²) in [6.07, 6.45) is 2.64. The minimum Gasteiger partial charge on any atom is -0.302 e. The van der Waals surface area contributed by atoms with E-state index in [1.807, 2.05) is 13.0 Å². The van der Waals surface area contributed by atoms with Crippen molar-refractivity contribution in [1.29, 1.82) is 0 Å². The molecule has 0 spiro atoms. The fourth-order valence-electron chi connectivity index (χ4n) is 1.65. The molecule has 3 nitrogen and oxygen atoms in total. The highest BCUT2D eigenvalue weighted by Gasteiger charge is 2.24. The van der Waals surface area contributed by atoms with Crippen LogP contribution in [0.1, 0.15) is 31.7 Å². The molecule has 1 rings (SSSR count). The molecule has 1 aromatic rings. The molecule has 0 N–H and O–H groups in total. The number of aldehydes is 1. The lowest BCUT2D eigenvalue weighted by Crippen LogP contribution is -2.24. The maximum atomic E-state index is 12.0. The first-order chi connectivity index (χ1) is 8.10. The third kappa shape index (κ3) is 4.30. The molecule has 94 valence electrons. The van der Waals surface area contributed by atoms with Crippen LogP contribution >= 0.6 is 0 Å². The van der Waals surface area contributed by atoms with Crippen LogP contribution in [0.2, 0.25) is 0 Å². The summed E-state index contributed by atoms with van der Waals surface area (Å²) in [5.41, 5.74) is 0.732. The van der Waals surface area contributed by atoms with Crippen LogP contribution in [0, 0.1) is 0 Å². The second-order valence-corrected chi connectivity index (χ2v) is 6.33. The summed E-state index contributed by atoms with van der Waals surface area (Å²) >= 11 is 0. The molecule has 0 aliphatic heterocycles. The fraction of sp³-hybridized carbons (Fsp3) is 0.462. The highest BCUT2D eigenvalue weighted by molar-refractivity contribution is 7.91. The van der Waals surface area contributed by atoms with Crippen LogP contribution in [0.5, 0.6) is 0 Å². The van der Waals surface area contributed by atoms with E-state index in [1.54, 1.807) is 24.3 Å². The zero-order valence-electron chi connectivity index (χ0n) is 10.0. The number of carbonyl (C=O) groups is 1. The summed E-state index contributed by atoms with van der Waals surface area (Å²) in [5, 5.41) is -0.859. The van der Waals surface area contributed by atoms with E-state index in [0.29, 0.717) is 12.7 Å². The van der Waals surface area contributed by atoms with E-state index in [-0.39, 0.29) is 5.75 Å². The summed E-state index contributed by atoms with van der Waals surface area (Å²) in [5.74, 6) is -0.0546. The van der Waals surface area contributed by atoms with Gasteiger partial charge in [0.15, 0.2) is 9.84 Å².